The number of para-hydroxylation sites is 2. The molecule has 0 saturated heterocycles. The standard InChI is InChI=1S/C17H26N4OS/c1-3-4-7-13(10-18)19-17(22)11-21-15-9-6-5-8-14(15)20-16(21)12-23-2/h5-6,8-9,13H,3-4,7,10-12,18H2,1-2H3,(H,19,22). The number of imidazole rings is 1. The third-order valence-electron chi connectivity index (χ3n) is 3.86. The molecule has 0 radical (unpaired) electrons. The molecule has 0 aliphatic rings. The van der Waals surface area contributed by atoms with Gasteiger partial charge in [-0.1, -0.05) is 31.9 Å². The molecule has 23 heavy (non-hydrogen) atoms. The molecule has 0 spiro atoms. The summed E-state index contributed by atoms with van der Waals surface area (Å²) in [6.45, 7) is 2.91. The minimum Gasteiger partial charge on any atom is -0.351 e. The van der Waals surface area contributed by atoms with E-state index in [0.717, 1.165) is 41.9 Å². The monoisotopic (exact) mass is 334 g/mol. The molecule has 0 fully saturated rings. The fourth-order valence-corrected chi connectivity index (χ4v) is 3.14. The molecule has 126 valence electrons. The molecule has 0 aliphatic carbocycles. The third kappa shape index (κ3) is 4.72. The number of nitrogens with two attached hydrogens (primary N) is 1. The lowest BCUT2D eigenvalue weighted by Gasteiger charge is -2.17. The van der Waals surface area contributed by atoms with Gasteiger partial charge >= 0.3 is 0 Å². The van der Waals surface area contributed by atoms with Gasteiger partial charge in [-0.25, -0.2) is 4.98 Å². The first-order chi connectivity index (χ1) is 11.2. The molecule has 1 heterocycles. The Morgan fingerprint density at radius 2 is 2.22 bits per heavy atom. The average Bonchev–Trinajstić information content (AvgIpc) is 2.89. The second kappa shape index (κ2) is 8.93. The predicted molar refractivity (Wildman–Crippen MR) is 97.5 cm³/mol. The number of benzene rings is 1. The van der Waals surface area contributed by atoms with Crippen molar-refractivity contribution in [2.24, 2.45) is 5.73 Å². The van der Waals surface area contributed by atoms with Crippen LogP contribution in [0.2, 0.25) is 0 Å². The second-order valence-corrected chi connectivity index (χ2v) is 6.54. The van der Waals surface area contributed by atoms with E-state index in [1.165, 1.54) is 0 Å². The van der Waals surface area contributed by atoms with Gasteiger partial charge in [-0.15, -0.1) is 0 Å². The van der Waals surface area contributed by atoms with Crippen LogP contribution < -0.4 is 11.1 Å². The lowest BCUT2D eigenvalue weighted by molar-refractivity contribution is -0.122. The van der Waals surface area contributed by atoms with Crippen molar-refractivity contribution in [1.82, 2.24) is 14.9 Å². The van der Waals surface area contributed by atoms with E-state index in [1.807, 2.05) is 35.1 Å². The summed E-state index contributed by atoms with van der Waals surface area (Å²) in [5, 5.41) is 3.05. The molecule has 5 nitrogen and oxygen atoms in total. The van der Waals surface area contributed by atoms with Crippen molar-refractivity contribution in [2.75, 3.05) is 12.8 Å². The van der Waals surface area contributed by atoms with Crippen LogP contribution in [0.4, 0.5) is 0 Å². The largest absolute Gasteiger partial charge is 0.351 e. The van der Waals surface area contributed by atoms with Crippen LogP contribution >= 0.6 is 11.8 Å². The van der Waals surface area contributed by atoms with E-state index in [1.54, 1.807) is 11.8 Å². The quantitative estimate of drug-likeness (QED) is 0.739. The maximum Gasteiger partial charge on any atom is 0.240 e. The fourth-order valence-electron chi connectivity index (χ4n) is 2.66. The Labute approximate surface area is 142 Å². The Kier molecular flexibility index (Phi) is 6.92. The summed E-state index contributed by atoms with van der Waals surface area (Å²) in [6.07, 6.45) is 5.16. The van der Waals surface area contributed by atoms with Crippen molar-refractivity contribution in [3.8, 4) is 0 Å². The van der Waals surface area contributed by atoms with Crippen LogP contribution in [0.15, 0.2) is 24.3 Å². The topological polar surface area (TPSA) is 72.9 Å². The number of nitrogens with one attached hydrogen (secondary N) is 1. The molecule has 1 atom stereocenters. The van der Waals surface area contributed by atoms with Crippen LogP contribution in [0.5, 0.6) is 0 Å². The zero-order valence-corrected chi connectivity index (χ0v) is 14.7. The molecule has 3 N–H and O–H groups in total. The van der Waals surface area contributed by atoms with E-state index >= 15 is 0 Å². The molecule has 1 unspecified atom stereocenters. The normalized spacial score (nSPS) is 12.5. The van der Waals surface area contributed by atoms with E-state index in [-0.39, 0.29) is 11.9 Å². The maximum atomic E-state index is 12.4. The first-order valence-electron chi connectivity index (χ1n) is 8.12. The third-order valence-corrected chi connectivity index (χ3v) is 4.41. The van der Waals surface area contributed by atoms with Crippen molar-refractivity contribution in [2.45, 2.75) is 44.5 Å². The Morgan fingerprint density at radius 1 is 1.43 bits per heavy atom. The molecule has 6 heteroatoms. The highest BCUT2D eigenvalue weighted by molar-refractivity contribution is 7.97. The van der Waals surface area contributed by atoms with Crippen LogP contribution in [0.3, 0.4) is 0 Å². The number of nitrogens with zero attached hydrogens (tertiary/aromatic N) is 2. The number of thioether (sulfide) groups is 1. The molecule has 1 aromatic carbocycles. The Hall–Kier alpha value is -1.53. The molecule has 2 aromatic rings. The van der Waals surface area contributed by atoms with E-state index in [9.17, 15) is 4.79 Å². The number of carbonyl (C=O) groups is 1. The van der Waals surface area contributed by atoms with E-state index in [0.29, 0.717) is 13.1 Å². The Morgan fingerprint density at radius 3 is 2.91 bits per heavy atom. The van der Waals surface area contributed by atoms with Crippen LogP contribution in [0, 0.1) is 0 Å². The van der Waals surface area contributed by atoms with Gasteiger partial charge in [0.25, 0.3) is 0 Å². The van der Waals surface area contributed by atoms with Gasteiger partial charge in [0.1, 0.15) is 12.4 Å². The SMILES string of the molecule is CCCCC(CN)NC(=O)Cn1c(CSC)nc2ccccc21. The van der Waals surface area contributed by atoms with Crippen molar-refractivity contribution >= 4 is 28.7 Å². The molecule has 2 rings (SSSR count). The van der Waals surface area contributed by atoms with Gasteiger partial charge < -0.3 is 15.6 Å². The summed E-state index contributed by atoms with van der Waals surface area (Å²) in [5.74, 6) is 1.73. The van der Waals surface area contributed by atoms with E-state index in [2.05, 4.69) is 17.2 Å². The number of carbonyl (C=O) groups excluding carboxylic acids is 1. The Bertz CT molecular complexity index is 641. The molecular weight excluding hydrogens is 308 g/mol. The van der Waals surface area contributed by atoms with Gasteiger partial charge in [0.05, 0.1) is 16.8 Å². The zero-order valence-electron chi connectivity index (χ0n) is 13.9. The van der Waals surface area contributed by atoms with E-state index < -0.39 is 0 Å². The number of unbranched alkanes of at least 4 members (excludes halogenated alkanes) is 1. The van der Waals surface area contributed by atoms with Crippen LogP contribution in [-0.2, 0) is 17.1 Å². The molecule has 0 bridgehead atoms. The summed E-state index contributed by atoms with van der Waals surface area (Å²) >= 11 is 1.71. The van der Waals surface area contributed by atoms with Gasteiger partial charge in [0.15, 0.2) is 0 Å². The molecule has 1 amide bonds. The fraction of sp³-hybridized carbons (Fsp3) is 0.529. The first kappa shape index (κ1) is 17.8. The highest BCUT2D eigenvalue weighted by Crippen LogP contribution is 2.18. The van der Waals surface area contributed by atoms with Crippen molar-refractivity contribution in [3.05, 3.63) is 30.1 Å². The van der Waals surface area contributed by atoms with E-state index in [4.69, 9.17) is 5.73 Å². The summed E-state index contributed by atoms with van der Waals surface area (Å²) in [5.41, 5.74) is 7.71. The highest BCUT2D eigenvalue weighted by Gasteiger charge is 2.15. The minimum absolute atomic E-state index is 0.00191. The van der Waals surface area contributed by atoms with Gasteiger partial charge in [-0.3, -0.25) is 4.79 Å². The predicted octanol–water partition coefficient (Wildman–Crippen LogP) is 2.53. The molecule has 1 aromatic heterocycles. The smallest absolute Gasteiger partial charge is 0.240 e. The first-order valence-corrected chi connectivity index (χ1v) is 9.51. The highest BCUT2D eigenvalue weighted by atomic mass is 32.2. The zero-order chi connectivity index (χ0) is 16.7. The van der Waals surface area contributed by atoms with Crippen LogP contribution in [-0.4, -0.2) is 34.3 Å². The number of hydrogen-bond acceptors (Lipinski definition) is 4. The van der Waals surface area contributed by atoms with Crippen LogP contribution in [0.1, 0.15) is 32.0 Å². The van der Waals surface area contributed by atoms with Gasteiger partial charge in [0.2, 0.25) is 5.91 Å². The Balaban J connectivity index is 2.13. The molecule has 0 aliphatic heterocycles. The number of aromatic nitrogens is 2. The van der Waals surface area contributed by atoms with Crippen molar-refractivity contribution in [1.29, 1.82) is 0 Å². The summed E-state index contributed by atoms with van der Waals surface area (Å²) < 4.78 is 2.01. The number of fused-ring (bicyclic) bond motifs is 1. The van der Waals surface area contributed by atoms with Gasteiger partial charge in [-0.2, -0.15) is 11.8 Å². The number of rotatable bonds is 9. The number of hydrogen-bond donors (Lipinski definition) is 2. The number of amides is 1. The summed E-state index contributed by atoms with van der Waals surface area (Å²) in [4.78, 5) is 17.1. The average molecular weight is 334 g/mol. The summed E-state index contributed by atoms with van der Waals surface area (Å²) in [6, 6.07) is 8.00. The van der Waals surface area contributed by atoms with Crippen molar-refractivity contribution < 1.29 is 4.79 Å². The second-order valence-electron chi connectivity index (χ2n) is 5.68. The lowest BCUT2D eigenvalue weighted by atomic mass is 10.1. The van der Waals surface area contributed by atoms with Crippen molar-refractivity contribution in [3.63, 3.8) is 0 Å². The molecular formula is C17H26N4OS. The van der Waals surface area contributed by atoms with Gasteiger partial charge in [0, 0.05) is 12.6 Å². The molecule has 0 saturated carbocycles. The maximum absolute atomic E-state index is 12.4. The lowest BCUT2D eigenvalue weighted by Crippen LogP contribution is -2.41. The minimum atomic E-state index is 0.00191. The van der Waals surface area contributed by atoms with Crippen LogP contribution in [0.25, 0.3) is 11.0 Å². The summed E-state index contributed by atoms with van der Waals surface area (Å²) in [7, 11) is 0. The van der Waals surface area contributed by atoms with Gasteiger partial charge in [-0.05, 0) is 24.8 Å².